The number of rotatable bonds is 6. The fourth-order valence-corrected chi connectivity index (χ4v) is 4.22. The molecule has 2 aromatic carbocycles. The Labute approximate surface area is 168 Å². The molecule has 0 saturated heterocycles. The van der Waals surface area contributed by atoms with Gasteiger partial charge in [0, 0.05) is 31.5 Å². The van der Waals surface area contributed by atoms with E-state index in [1.54, 1.807) is 0 Å². The van der Waals surface area contributed by atoms with Crippen molar-refractivity contribution >= 4 is 0 Å². The van der Waals surface area contributed by atoms with Crippen molar-refractivity contribution in [3.8, 4) is 5.75 Å². The quantitative estimate of drug-likeness (QED) is 0.571. The molecular formula is C25H30N2O. The van der Waals surface area contributed by atoms with Crippen molar-refractivity contribution in [3.05, 3.63) is 89.2 Å². The smallest absolute Gasteiger partial charge is 0.119 e. The van der Waals surface area contributed by atoms with Gasteiger partial charge >= 0.3 is 0 Å². The van der Waals surface area contributed by atoms with Crippen molar-refractivity contribution in [2.75, 3.05) is 13.2 Å². The zero-order chi connectivity index (χ0) is 19.3. The van der Waals surface area contributed by atoms with Crippen LogP contribution in [0, 0.1) is 0 Å². The van der Waals surface area contributed by atoms with E-state index in [0.717, 1.165) is 31.8 Å². The maximum Gasteiger partial charge on any atom is 0.119 e. The molecule has 3 aromatic rings. The molecule has 1 unspecified atom stereocenters. The van der Waals surface area contributed by atoms with E-state index < -0.39 is 0 Å². The molecule has 2 heterocycles. The average molecular weight is 375 g/mol. The average Bonchev–Trinajstić information content (AvgIpc) is 3.11. The molecular weight excluding hydrogens is 344 g/mol. The Morgan fingerprint density at radius 2 is 1.64 bits per heavy atom. The minimum atomic E-state index is 0.263. The van der Waals surface area contributed by atoms with Gasteiger partial charge in [0.25, 0.3) is 0 Å². The second kappa shape index (κ2) is 8.66. The molecule has 0 N–H and O–H groups in total. The van der Waals surface area contributed by atoms with Gasteiger partial charge in [-0.25, -0.2) is 0 Å². The summed E-state index contributed by atoms with van der Waals surface area (Å²) < 4.78 is 8.07. The van der Waals surface area contributed by atoms with E-state index in [-0.39, 0.29) is 6.04 Å². The number of hydrogen-bond donors (Lipinski definition) is 0. The molecule has 1 aliphatic rings. The highest BCUT2D eigenvalue weighted by molar-refractivity contribution is 5.35. The number of fused-ring (bicyclic) bond motifs is 1. The van der Waals surface area contributed by atoms with E-state index in [1.807, 2.05) is 6.92 Å². The molecule has 1 aliphatic heterocycles. The van der Waals surface area contributed by atoms with E-state index >= 15 is 0 Å². The molecule has 4 rings (SSSR count). The summed E-state index contributed by atoms with van der Waals surface area (Å²) in [6.45, 7) is 8.08. The molecule has 0 spiro atoms. The van der Waals surface area contributed by atoms with Crippen molar-refractivity contribution in [1.82, 2.24) is 9.47 Å². The fraction of sp³-hybridized carbons (Fsp3) is 0.360. The van der Waals surface area contributed by atoms with Crippen molar-refractivity contribution in [1.29, 1.82) is 0 Å². The van der Waals surface area contributed by atoms with Crippen LogP contribution in [0.1, 0.15) is 48.7 Å². The van der Waals surface area contributed by atoms with Crippen LogP contribution in [0.5, 0.6) is 5.75 Å². The van der Waals surface area contributed by atoms with Gasteiger partial charge in [0.15, 0.2) is 0 Å². The molecule has 3 nitrogen and oxygen atoms in total. The monoisotopic (exact) mass is 374 g/mol. The summed E-state index contributed by atoms with van der Waals surface area (Å²) in [6.07, 6.45) is 4.48. The lowest BCUT2D eigenvalue weighted by molar-refractivity contribution is 0.220. The summed E-state index contributed by atoms with van der Waals surface area (Å²) in [7, 11) is 0. The van der Waals surface area contributed by atoms with E-state index in [1.165, 1.54) is 28.8 Å². The lowest BCUT2D eigenvalue weighted by atomic mass is 10.0. The summed E-state index contributed by atoms with van der Waals surface area (Å²) >= 11 is 0. The first-order valence-corrected chi connectivity index (χ1v) is 10.5. The van der Waals surface area contributed by atoms with Gasteiger partial charge in [-0.3, -0.25) is 4.90 Å². The number of aryl methyl sites for hydroxylation is 2. The van der Waals surface area contributed by atoms with Crippen molar-refractivity contribution < 1.29 is 4.74 Å². The summed E-state index contributed by atoms with van der Waals surface area (Å²) in [6, 6.07) is 22.5. The SMILES string of the molecule is CCOc1ccc(C2c3cccn3CCCN2Cc2ccc(CC)cc2)cc1. The minimum absolute atomic E-state index is 0.263. The third kappa shape index (κ3) is 4.00. The van der Waals surface area contributed by atoms with Crippen LogP contribution in [0.2, 0.25) is 0 Å². The van der Waals surface area contributed by atoms with Crippen LogP contribution in [0.4, 0.5) is 0 Å². The Kier molecular flexibility index (Phi) is 5.82. The van der Waals surface area contributed by atoms with E-state index in [4.69, 9.17) is 4.74 Å². The van der Waals surface area contributed by atoms with Crippen molar-refractivity contribution in [2.45, 2.75) is 45.8 Å². The van der Waals surface area contributed by atoms with Gasteiger partial charge in [-0.1, -0.05) is 43.3 Å². The molecule has 0 amide bonds. The van der Waals surface area contributed by atoms with Crippen LogP contribution in [0.15, 0.2) is 66.9 Å². The van der Waals surface area contributed by atoms with Crippen LogP contribution in [-0.4, -0.2) is 22.6 Å². The molecule has 0 bridgehead atoms. The van der Waals surface area contributed by atoms with Gasteiger partial charge in [0.1, 0.15) is 5.75 Å². The van der Waals surface area contributed by atoms with E-state index in [2.05, 4.69) is 83.3 Å². The maximum absolute atomic E-state index is 5.65. The molecule has 1 atom stereocenters. The van der Waals surface area contributed by atoms with Gasteiger partial charge in [-0.2, -0.15) is 0 Å². The largest absolute Gasteiger partial charge is 0.494 e. The molecule has 0 fully saturated rings. The third-order valence-corrected chi connectivity index (χ3v) is 5.68. The van der Waals surface area contributed by atoms with Gasteiger partial charge in [-0.05, 0) is 60.7 Å². The number of ether oxygens (including phenoxy) is 1. The number of nitrogens with zero attached hydrogens (tertiary/aromatic N) is 2. The highest BCUT2D eigenvalue weighted by Gasteiger charge is 2.27. The second-order valence-electron chi connectivity index (χ2n) is 7.53. The first-order chi connectivity index (χ1) is 13.8. The Hall–Kier alpha value is -2.52. The first-order valence-electron chi connectivity index (χ1n) is 10.5. The predicted molar refractivity (Wildman–Crippen MR) is 115 cm³/mol. The molecule has 0 aliphatic carbocycles. The van der Waals surface area contributed by atoms with Crippen LogP contribution < -0.4 is 4.74 Å². The number of benzene rings is 2. The molecule has 28 heavy (non-hydrogen) atoms. The summed E-state index contributed by atoms with van der Waals surface area (Å²) in [5, 5.41) is 0. The first kappa shape index (κ1) is 18.8. The summed E-state index contributed by atoms with van der Waals surface area (Å²) in [5.41, 5.74) is 5.49. The summed E-state index contributed by atoms with van der Waals surface area (Å²) in [4.78, 5) is 2.62. The number of hydrogen-bond acceptors (Lipinski definition) is 2. The zero-order valence-corrected chi connectivity index (χ0v) is 17.0. The third-order valence-electron chi connectivity index (χ3n) is 5.68. The zero-order valence-electron chi connectivity index (χ0n) is 17.0. The molecule has 0 saturated carbocycles. The van der Waals surface area contributed by atoms with E-state index in [0.29, 0.717) is 6.61 Å². The normalized spacial score (nSPS) is 17.1. The minimum Gasteiger partial charge on any atom is -0.494 e. The van der Waals surface area contributed by atoms with Crippen LogP contribution in [0.25, 0.3) is 0 Å². The Morgan fingerprint density at radius 1 is 0.893 bits per heavy atom. The Morgan fingerprint density at radius 3 is 2.36 bits per heavy atom. The van der Waals surface area contributed by atoms with Gasteiger partial charge in [-0.15, -0.1) is 0 Å². The molecule has 1 aromatic heterocycles. The second-order valence-corrected chi connectivity index (χ2v) is 7.53. The number of aromatic nitrogens is 1. The topological polar surface area (TPSA) is 17.4 Å². The Balaban J connectivity index is 1.66. The molecule has 0 radical (unpaired) electrons. The predicted octanol–water partition coefficient (Wildman–Crippen LogP) is 5.44. The highest BCUT2D eigenvalue weighted by atomic mass is 16.5. The van der Waals surface area contributed by atoms with E-state index in [9.17, 15) is 0 Å². The summed E-state index contributed by atoms with van der Waals surface area (Å²) in [5.74, 6) is 0.942. The molecule has 3 heteroatoms. The maximum atomic E-state index is 5.65. The fourth-order valence-electron chi connectivity index (χ4n) is 4.22. The van der Waals surface area contributed by atoms with Gasteiger partial charge in [0.2, 0.25) is 0 Å². The van der Waals surface area contributed by atoms with Crippen LogP contribution >= 0.6 is 0 Å². The highest BCUT2D eigenvalue weighted by Crippen LogP contribution is 2.33. The molecule has 146 valence electrons. The Bertz CT molecular complexity index is 880. The van der Waals surface area contributed by atoms with Crippen LogP contribution in [-0.2, 0) is 19.5 Å². The standard InChI is InChI=1S/C25H30N2O/c1-3-20-8-10-21(11-9-20)19-27-18-6-17-26-16-5-7-24(26)25(27)22-12-14-23(15-13-22)28-4-2/h5,7-16,25H,3-4,6,17-19H2,1-2H3. The lowest BCUT2D eigenvalue weighted by Crippen LogP contribution is -2.29. The van der Waals surface area contributed by atoms with Crippen molar-refractivity contribution in [2.24, 2.45) is 0 Å². The van der Waals surface area contributed by atoms with Crippen LogP contribution in [0.3, 0.4) is 0 Å². The van der Waals surface area contributed by atoms with Gasteiger partial charge in [0.05, 0.1) is 12.6 Å². The van der Waals surface area contributed by atoms with Gasteiger partial charge < -0.3 is 9.30 Å². The van der Waals surface area contributed by atoms with Crippen molar-refractivity contribution in [3.63, 3.8) is 0 Å². The lowest BCUT2D eigenvalue weighted by Gasteiger charge is -2.31.